The maximum absolute atomic E-state index is 13.4. The predicted octanol–water partition coefficient (Wildman–Crippen LogP) is 2.12. The summed E-state index contributed by atoms with van der Waals surface area (Å²) in [4.78, 5) is 0. The van der Waals surface area contributed by atoms with Crippen LogP contribution in [0.15, 0.2) is 18.2 Å². The fourth-order valence-corrected chi connectivity index (χ4v) is 2.17. The average molecular weight is 283 g/mol. The minimum absolute atomic E-state index is 0.159. The summed E-state index contributed by atoms with van der Waals surface area (Å²) in [6.07, 6.45) is 1.92. The van der Waals surface area contributed by atoms with E-state index in [1.54, 1.807) is 13.2 Å². The second kappa shape index (κ2) is 8.19. The van der Waals surface area contributed by atoms with Gasteiger partial charge in [-0.2, -0.15) is 0 Å². The van der Waals surface area contributed by atoms with Crippen molar-refractivity contribution in [2.75, 3.05) is 33.5 Å². The number of benzene rings is 1. The number of methoxy groups -OCH3 is 1. The van der Waals surface area contributed by atoms with Gasteiger partial charge < -0.3 is 19.5 Å². The largest absolute Gasteiger partial charge is 0.490 e. The zero-order chi connectivity index (χ0) is 14.2. The maximum Gasteiger partial charge on any atom is 0.124 e. The molecule has 112 valence electrons. The molecule has 0 aliphatic carbocycles. The summed E-state index contributed by atoms with van der Waals surface area (Å²) >= 11 is 0. The molecule has 2 rings (SSSR count). The van der Waals surface area contributed by atoms with Crippen molar-refractivity contribution >= 4 is 0 Å². The van der Waals surface area contributed by atoms with Gasteiger partial charge in [0.15, 0.2) is 0 Å². The van der Waals surface area contributed by atoms with Crippen molar-refractivity contribution in [1.82, 2.24) is 5.32 Å². The van der Waals surface area contributed by atoms with Crippen molar-refractivity contribution in [3.63, 3.8) is 0 Å². The highest BCUT2D eigenvalue weighted by molar-refractivity contribution is 5.34. The van der Waals surface area contributed by atoms with Gasteiger partial charge in [0.1, 0.15) is 17.7 Å². The first-order valence-electron chi connectivity index (χ1n) is 7.02. The van der Waals surface area contributed by atoms with Crippen molar-refractivity contribution in [3.8, 4) is 5.75 Å². The third-order valence-corrected chi connectivity index (χ3v) is 3.28. The average Bonchev–Trinajstić information content (AvgIpc) is 2.47. The van der Waals surface area contributed by atoms with E-state index in [2.05, 4.69) is 5.32 Å². The maximum atomic E-state index is 13.4. The lowest BCUT2D eigenvalue weighted by Crippen LogP contribution is -2.27. The standard InChI is InChI=1S/C15H22FNO3/c1-18-9-6-17-11-12-10-13(16)2-3-15(12)20-14-4-7-19-8-5-14/h2-3,10,14,17H,4-9,11H2,1H3. The number of rotatable bonds is 7. The molecule has 4 nitrogen and oxygen atoms in total. The minimum atomic E-state index is -0.243. The normalized spacial score (nSPS) is 16.3. The molecule has 1 fully saturated rings. The summed E-state index contributed by atoms with van der Waals surface area (Å²) in [5, 5.41) is 3.21. The Morgan fingerprint density at radius 2 is 2.15 bits per heavy atom. The fourth-order valence-electron chi connectivity index (χ4n) is 2.17. The molecule has 0 bridgehead atoms. The van der Waals surface area contributed by atoms with E-state index in [9.17, 15) is 4.39 Å². The van der Waals surface area contributed by atoms with Gasteiger partial charge in [-0.25, -0.2) is 4.39 Å². The van der Waals surface area contributed by atoms with Gasteiger partial charge in [-0.3, -0.25) is 0 Å². The Morgan fingerprint density at radius 1 is 1.35 bits per heavy atom. The third kappa shape index (κ3) is 4.74. The highest BCUT2D eigenvalue weighted by Crippen LogP contribution is 2.23. The second-order valence-electron chi connectivity index (χ2n) is 4.85. The van der Waals surface area contributed by atoms with E-state index in [4.69, 9.17) is 14.2 Å². The molecular weight excluding hydrogens is 261 g/mol. The van der Waals surface area contributed by atoms with E-state index in [-0.39, 0.29) is 11.9 Å². The molecule has 0 aromatic heterocycles. The zero-order valence-corrected chi connectivity index (χ0v) is 11.9. The Morgan fingerprint density at radius 3 is 2.90 bits per heavy atom. The number of nitrogens with one attached hydrogen (secondary N) is 1. The highest BCUT2D eigenvalue weighted by Gasteiger charge is 2.17. The van der Waals surface area contributed by atoms with Crippen molar-refractivity contribution in [1.29, 1.82) is 0 Å². The Labute approximate surface area is 119 Å². The molecule has 0 saturated carbocycles. The van der Waals surface area contributed by atoms with Gasteiger partial charge in [0.2, 0.25) is 0 Å². The molecule has 1 N–H and O–H groups in total. The zero-order valence-electron chi connectivity index (χ0n) is 11.9. The number of halogens is 1. The van der Waals surface area contributed by atoms with Crippen LogP contribution >= 0.6 is 0 Å². The number of hydrogen-bond acceptors (Lipinski definition) is 4. The minimum Gasteiger partial charge on any atom is -0.490 e. The van der Waals surface area contributed by atoms with E-state index >= 15 is 0 Å². The van der Waals surface area contributed by atoms with Crippen molar-refractivity contribution in [2.45, 2.75) is 25.5 Å². The third-order valence-electron chi connectivity index (χ3n) is 3.28. The Balaban J connectivity index is 1.95. The van der Waals surface area contributed by atoms with Crippen LogP contribution in [0.4, 0.5) is 4.39 Å². The SMILES string of the molecule is COCCNCc1cc(F)ccc1OC1CCOCC1. The van der Waals surface area contributed by atoms with Crippen LogP contribution < -0.4 is 10.1 Å². The molecule has 1 aliphatic heterocycles. The van der Waals surface area contributed by atoms with Crippen LogP contribution in [0, 0.1) is 5.82 Å². The molecule has 20 heavy (non-hydrogen) atoms. The molecule has 0 spiro atoms. The molecule has 0 amide bonds. The van der Waals surface area contributed by atoms with Gasteiger partial charge in [0.25, 0.3) is 0 Å². The molecule has 0 radical (unpaired) electrons. The Hall–Kier alpha value is -1.17. The van der Waals surface area contributed by atoms with Gasteiger partial charge in [-0.1, -0.05) is 0 Å². The molecule has 1 aromatic carbocycles. The second-order valence-corrected chi connectivity index (χ2v) is 4.85. The summed E-state index contributed by atoms with van der Waals surface area (Å²) in [6.45, 7) is 3.38. The van der Waals surface area contributed by atoms with Gasteiger partial charge in [0, 0.05) is 38.6 Å². The van der Waals surface area contributed by atoms with Gasteiger partial charge >= 0.3 is 0 Å². The molecule has 5 heteroatoms. The van der Waals surface area contributed by atoms with E-state index < -0.39 is 0 Å². The summed E-state index contributed by atoms with van der Waals surface area (Å²) in [5.74, 6) is 0.510. The quantitative estimate of drug-likeness (QED) is 0.778. The van der Waals surface area contributed by atoms with Crippen LogP contribution in [0.5, 0.6) is 5.75 Å². The molecule has 0 atom stereocenters. The van der Waals surface area contributed by atoms with Crippen LogP contribution in [0.25, 0.3) is 0 Å². The molecule has 1 saturated heterocycles. The lowest BCUT2D eigenvalue weighted by molar-refractivity contribution is 0.0251. The highest BCUT2D eigenvalue weighted by atomic mass is 19.1. The molecule has 1 aliphatic rings. The first kappa shape index (κ1) is 15.2. The fraction of sp³-hybridized carbons (Fsp3) is 0.600. The Kier molecular flexibility index (Phi) is 6.24. The van der Waals surface area contributed by atoms with E-state index in [1.807, 2.05) is 0 Å². The van der Waals surface area contributed by atoms with Crippen LogP contribution in [-0.2, 0) is 16.0 Å². The summed E-state index contributed by atoms with van der Waals surface area (Å²) in [7, 11) is 1.66. The predicted molar refractivity (Wildman–Crippen MR) is 74.5 cm³/mol. The first-order valence-corrected chi connectivity index (χ1v) is 7.02. The number of hydrogen-bond donors (Lipinski definition) is 1. The lowest BCUT2D eigenvalue weighted by Gasteiger charge is -2.24. The summed E-state index contributed by atoms with van der Waals surface area (Å²) in [6, 6.07) is 4.67. The topological polar surface area (TPSA) is 39.7 Å². The van der Waals surface area contributed by atoms with Crippen LogP contribution in [0.2, 0.25) is 0 Å². The van der Waals surface area contributed by atoms with Gasteiger partial charge in [0.05, 0.1) is 19.8 Å². The molecule has 1 aromatic rings. The van der Waals surface area contributed by atoms with E-state index in [0.717, 1.165) is 43.9 Å². The van der Waals surface area contributed by atoms with Gasteiger partial charge in [-0.05, 0) is 18.2 Å². The molecule has 1 heterocycles. The Bertz CT molecular complexity index is 408. The van der Waals surface area contributed by atoms with Crippen molar-refractivity contribution < 1.29 is 18.6 Å². The first-order chi connectivity index (χ1) is 9.79. The van der Waals surface area contributed by atoms with Crippen molar-refractivity contribution in [3.05, 3.63) is 29.6 Å². The van der Waals surface area contributed by atoms with Crippen molar-refractivity contribution in [2.24, 2.45) is 0 Å². The van der Waals surface area contributed by atoms with Gasteiger partial charge in [-0.15, -0.1) is 0 Å². The summed E-state index contributed by atoms with van der Waals surface area (Å²) in [5.41, 5.74) is 0.840. The van der Waals surface area contributed by atoms with E-state index in [0.29, 0.717) is 13.2 Å². The van der Waals surface area contributed by atoms with E-state index in [1.165, 1.54) is 12.1 Å². The lowest BCUT2D eigenvalue weighted by atomic mass is 10.1. The van der Waals surface area contributed by atoms with Crippen LogP contribution in [-0.4, -0.2) is 39.6 Å². The number of ether oxygens (including phenoxy) is 3. The molecule has 0 unspecified atom stereocenters. The monoisotopic (exact) mass is 283 g/mol. The summed E-state index contributed by atoms with van der Waals surface area (Å²) < 4.78 is 29.6. The van der Waals surface area contributed by atoms with Crippen LogP contribution in [0.3, 0.4) is 0 Å². The molecular formula is C15H22FNO3. The van der Waals surface area contributed by atoms with Crippen LogP contribution in [0.1, 0.15) is 18.4 Å². The smallest absolute Gasteiger partial charge is 0.124 e.